The second-order valence-electron chi connectivity index (χ2n) is 4.51. The highest BCUT2D eigenvalue weighted by atomic mass is 16.6. The number of hydrogen-bond acceptors (Lipinski definition) is 3. The molecule has 1 saturated heterocycles. The standard InChI is InChI=1S/C9H16O3/c1-5-6(9(2,3)4)8(11)12-7(5)10/h5-6,8,11H,1-4H3. The number of rotatable bonds is 0. The monoisotopic (exact) mass is 172 g/mol. The van der Waals surface area contributed by atoms with Crippen LogP contribution in [0, 0.1) is 17.3 Å². The summed E-state index contributed by atoms with van der Waals surface area (Å²) in [6.45, 7) is 7.80. The molecule has 1 rings (SSSR count). The van der Waals surface area contributed by atoms with Crippen LogP contribution in [-0.4, -0.2) is 17.4 Å². The van der Waals surface area contributed by atoms with E-state index in [0.717, 1.165) is 0 Å². The molecule has 0 amide bonds. The van der Waals surface area contributed by atoms with Gasteiger partial charge in [0.25, 0.3) is 0 Å². The van der Waals surface area contributed by atoms with Gasteiger partial charge in [-0.1, -0.05) is 27.7 Å². The van der Waals surface area contributed by atoms with Crippen LogP contribution in [0.1, 0.15) is 27.7 Å². The zero-order valence-electron chi connectivity index (χ0n) is 8.00. The first kappa shape index (κ1) is 9.52. The third kappa shape index (κ3) is 1.46. The summed E-state index contributed by atoms with van der Waals surface area (Å²) in [6.07, 6.45) is -0.924. The van der Waals surface area contributed by atoms with Gasteiger partial charge in [0.05, 0.1) is 5.92 Å². The van der Waals surface area contributed by atoms with E-state index in [1.165, 1.54) is 0 Å². The fourth-order valence-corrected chi connectivity index (χ4v) is 1.87. The summed E-state index contributed by atoms with van der Waals surface area (Å²) in [4.78, 5) is 11.1. The molecule has 3 atom stereocenters. The van der Waals surface area contributed by atoms with E-state index in [4.69, 9.17) is 4.74 Å². The van der Waals surface area contributed by atoms with E-state index < -0.39 is 6.29 Å². The summed E-state index contributed by atoms with van der Waals surface area (Å²) < 4.78 is 4.73. The van der Waals surface area contributed by atoms with Crippen LogP contribution in [0.2, 0.25) is 0 Å². The molecule has 0 aromatic carbocycles. The van der Waals surface area contributed by atoms with E-state index in [2.05, 4.69) is 0 Å². The maximum atomic E-state index is 11.1. The second kappa shape index (κ2) is 2.73. The molecule has 1 aliphatic heterocycles. The normalized spacial score (nSPS) is 36.8. The Bertz CT molecular complexity index is 192. The average Bonchev–Trinajstić information content (AvgIpc) is 2.05. The molecule has 0 bridgehead atoms. The molecule has 0 aromatic rings. The minimum Gasteiger partial charge on any atom is -0.435 e. The highest BCUT2D eigenvalue weighted by Gasteiger charge is 2.46. The Balaban J connectivity index is 2.84. The lowest BCUT2D eigenvalue weighted by atomic mass is 9.75. The number of carbonyl (C=O) groups is 1. The van der Waals surface area contributed by atoms with E-state index >= 15 is 0 Å². The van der Waals surface area contributed by atoms with Crippen LogP contribution >= 0.6 is 0 Å². The second-order valence-corrected chi connectivity index (χ2v) is 4.51. The van der Waals surface area contributed by atoms with Crippen molar-refractivity contribution in [2.75, 3.05) is 0 Å². The zero-order valence-corrected chi connectivity index (χ0v) is 8.00. The number of aliphatic hydroxyl groups is 1. The Labute approximate surface area is 72.7 Å². The van der Waals surface area contributed by atoms with Gasteiger partial charge >= 0.3 is 5.97 Å². The molecular weight excluding hydrogens is 156 g/mol. The number of ether oxygens (including phenoxy) is 1. The molecule has 0 aromatic heterocycles. The molecule has 1 fully saturated rings. The van der Waals surface area contributed by atoms with Gasteiger partial charge < -0.3 is 9.84 Å². The molecule has 0 spiro atoms. The van der Waals surface area contributed by atoms with E-state index in [1.807, 2.05) is 20.8 Å². The van der Waals surface area contributed by atoms with Gasteiger partial charge in [-0.25, -0.2) is 0 Å². The van der Waals surface area contributed by atoms with Gasteiger partial charge in [0.15, 0.2) is 0 Å². The Morgan fingerprint density at radius 2 is 1.92 bits per heavy atom. The van der Waals surface area contributed by atoms with Crippen molar-refractivity contribution in [1.82, 2.24) is 0 Å². The van der Waals surface area contributed by atoms with Crippen molar-refractivity contribution in [1.29, 1.82) is 0 Å². The predicted octanol–water partition coefficient (Wildman–Crippen LogP) is 1.16. The van der Waals surface area contributed by atoms with Gasteiger partial charge in [0, 0.05) is 5.92 Å². The summed E-state index contributed by atoms with van der Waals surface area (Å²) in [7, 11) is 0. The Kier molecular flexibility index (Phi) is 2.17. The molecule has 3 nitrogen and oxygen atoms in total. The van der Waals surface area contributed by atoms with Crippen LogP contribution in [0.4, 0.5) is 0 Å². The fraction of sp³-hybridized carbons (Fsp3) is 0.889. The van der Waals surface area contributed by atoms with Crippen LogP contribution in [0.3, 0.4) is 0 Å². The van der Waals surface area contributed by atoms with Gasteiger partial charge in [-0.15, -0.1) is 0 Å². The van der Waals surface area contributed by atoms with Crippen LogP contribution in [-0.2, 0) is 9.53 Å². The van der Waals surface area contributed by atoms with Gasteiger partial charge in [0.1, 0.15) is 0 Å². The zero-order chi connectivity index (χ0) is 9.52. The van der Waals surface area contributed by atoms with Gasteiger partial charge in [-0.2, -0.15) is 0 Å². The lowest BCUT2D eigenvalue weighted by molar-refractivity contribution is -0.158. The molecule has 0 saturated carbocycles. The molecule has 1 heterocycles. The Hall–Kier alpha value is -0.570. The van der Waals surface area contributed by atoms with E-state index in [1.54, 1.807) is 6.92 Å². The predicted molar refractivity (Wildman–Crippen MR) is 44.2 cm³/mol. The van der Waals surface area contributed by atoms with Crippen molar-refractivity contribution in [3.8, 4) is 0 Å². The summed E-state index contributed by atoms with van der Waals surface area (Å²) in [6, 6.07) is 0. The maximum absolute atomic E-state index is 11.1. The van der Waals surface area contributed by atoms with E-state index in [-0.39, 0.29) is 23.2 Å². The number of cyclic esters (lactones) is 1. The molecule has 12 heavy (non-hydrogen) atoms. The van der Waals surface area contributed by atoms with Crippen molar-refractivity contribution in [3.63, 3.8) is 0 Å². The summed E-state index contributed by atoms with van der Waals surface area (Å²) >= 11 is 0. The minimum absolute atomic E-state index is 0.0923. The van der Waals surface area contributed by atoms with Gasteiger partial charge in [-0.05, 0) is 5.41 Å². The summed E-state index contributed by atoms with van der Waals surface area (Å²) in [5.41, 5.74) is -0.0923. The first-order valence-electron chi connectivity index (χ1n) is 4.22. The minimum atomic E-state index is -0.924. The highest BCUT2D eigenvalue weighted by molar-refractivity contribution is 5.74. The van der Waals surface area contributed by atoms with Crippen LogP contribution in [0.15, 0.2) is 0 Å². The molecule has 0 radical (unpaired) electrons. The fourth-order valence-electron chi connectivity index (χ4n) is 1.87. The number of carbonyl (C=O) groups excluding carboxylic acids is 1. The smallest absolute Gasteiger partial charge is 0.311 e. The first-order chi connectivity index (χ1) is 5.34. The SMILES string of the molecule is CC1C(=O)OC(O)C1C(C)(C)C. The number of hydrogen-bond donors (Lipinski definition) is 1. The van der Waals surface area contributed by atoms with Gasteiger partial charge in [-0.3, -0.25) is 4.79 Å². The molecular formula is C9H16O3. The van der Waals surface area contributed by atoms with Crippen LogP contribution < -0.4 is 0 Å². The maximum Gasteiger partial charge on any atom is 0.311 e. The molecule has 70 valence electrons. The first-order valence-corrected chi connectivity index (χ1v) is 4.22. The quantitative estimate of drug-likeness (QED) is 0.558. The van der Waals surface area contributed by atoms with Crippen molar-refractivity contribution < 1.29 is 14.6 Å². The highest BCUT2D eigenvalue weighted by Crippen LogP contribution is 2.40. The summed E-state index contributed by atoms with van der Waals surface area (Å²) in [5, 5.41) is 9.42. The number of aliphatic hydroxyl groups excluding tert-OH is 1. The van der Waals surface area contributed by atoms with Crippen LogP contribution in [0.5, 0.6) is 0 Å². The third-order valence-corrected chi connectivity index (χ3v) is 2.45. The molecule has 3 unspecified atom stereocenters. The van der Waals surface area contributed by atoms with Crippen molar-refractivity contribution in [3.05, 3.63) is 0 Å². The molecule has 1 N–H and O–H groups in total. The lowest BCUT2D eigenvalue weighted by Gasteiger charge is -2.29. The third-order valence-electron chi connectivity index (χ3n) is 2.45. The van der Waals surface area contributed by atoms with E-state index in [0.29, 0.717) is 0 Å². The molecule has 1 aliphatic rings. The number of esters is 1. The molecule has 3 heteroatoms. The average molecular weight is 172 g/mol. The largest absolute Gasteiger partial charge is 0.435 e. The van der Waals surface area contributed by atoms with Crippen molar-refractivity contribution in [2.24, 2.45) is 17.3 Å². The topological polar surface area (TPSA) is 46.5 Å². The van der Waals surface area contributed by atoms with Gasteiger partial charge in [0.2, 0.25) is 6.29 Å². The van der Waals surface area contributed by atoms with Crippen molar-refractivity contribution >= 4 is 5.97 Å². The summed E-state index contributed by atoms with van der Waals surface area (Å²) in [5.74, 6) is -0.576. The van der Waals surface area contributed by atoms with Crippen molar-refractivity contribution in [2.45, 2.75) is 34.0 Å². The lowest BCUT2D eigenvalue weighted by Crippen LogP contribution is -2.32. The Morgan fingerprint density at radius 3 is 2.08 bits per heavy atom. The molecule has 0 aliphatic carbocycles. The van der Waals surface area contributed by atoms with E-state index in [9.17, 15) is 9.90 Å². The Morgan fingerprint density at radius 1 is 1.42 bits per heavy atom. The van der Waals surface area contributed by atoms with Crippen LogP contribution in [0.25, 0.3) is 0 Å².